The van der Waals surface area contributed by atoms with E-state index in [1.165, 1.54) is 6.07 Å². The molecule has 0 aromatic carbocycles. The fraction of sp³-hybridized carbons (Fsp3) is 0.500. The van der Waals surface area contributed by atoms with Crippen molar-refractivity contribution in [2.45, 2.75) is 42.9 Å². The molecule has 174 valence electrons. The van der Waals surface area contributed by atoms with E-state index in [0.29, 0.717) is 12.0 Å². The molecule has 2 unspecified atom stereocenters. The van der Waals surface area contributed by atoms with Crippen molar-refractivity contribution in [2.75, 3.05) is 23.3 Å². The van der Waals surface area contributed by atoms with Crippen LogP contribution in [0.25, 0.3) is 0 Å². The van der Waals surface area contributed by atoms with Crippen LogP contribution in [0.15, 0.2) is 24.7 Å². The fourth-order valence-electron chi connectivity index (χ4n) is 4.01. The molecule has 1 fully saturated rings. The smallest absolute Gasteiger partial charge is 0.380 e. The Hall–Kier alpha value is -2.87. The Labute approximate surface area is 176 Å². The molecule has 2 aromatic heterocycles. The SMILES string of the molecule is O=C1Nc2ncn(C3CCN(c4ccc(C(F)(F)F)cn4)CC3)c2C(O)(C(F)(F)F)C1O. The zero-order valence-corrected chi connectivity index (χ0v) is 16.2. The predicted octanol–water partition coefficient (Wildman–Crippen LogP) is 2.20. The molecule has 2 aliphatic rings. The Morgan fingerprint density at radius 2 is 1.75 bits per heavy atom. The van der Waals surface area contributed by atoms with Gasteiger partial charge in [0.15, 0.2) is 11.9 Å². The number of hydrogen-bond donors (Lipinski definition) is 3. The molecule has 0 spiro atoms. The third-order valence-electron chi connectivity index (χ3n) is 5.73. The molecule has 4 heterocycles. The first-order chi connectivity index (χ1) is 14.8. The summed E-state index contributed by atoms with van der Waals surface area (Å²) >= 11 is 0. The van der Waals surface area contributed by atoms with Gasteiger partial charge in [-0.1, -0.05) is 0 Å². The molecule has 32 heavy (non-hydrogen) atoms. The van der Waals surface area contributed by atoms with Crippen LogP contribution >= 0.6 is 0 Å². The molecule has 0 bridgehead atoms. The minimum atomic E-state index is -5.36. The van der Waals surface area contributed by atoms with E-state index >= 15 is 0 Å². The zero-order valence-electron chi connectivity index (χ0n) is 16.2. The maximum atomic E-state index is 13.7. The van der Waals surface area contributed by atoms with Gasteiger partial charge in [0.2, 0.25) is 5.60 Å². The van der Waals surface area contributed by atoms with Gasteiger partial charge in [-0.3, -0.25) is 4.79 Å². The number of halogens is 6. The van der Waals surface area contributed by atoms with Crippen LogP contribution in [0.4, 0.5) is 38.0 Å². The van der Waals surface area contributed by atoms with Crippen molar-refractivity contribution in [3.05, 3.63) is 35.9 Å². The number of amides is 1. The van der Waals surface area contributed by atoms with Crippen molar-refractivity contribution in [3.8, 4) is 0 Å². The van der Waals surface area contributed by atoms with Gasteiger partial charge >= 0.3 is 12.4 Å². The van der Waals surface area contributed by atoms with Crippen LogP contribution in [-0.2, 0) is 16.6 Å². The van der Waals surface area contributed by atoms with Gasteiger partial charge in [0.25, 0.3) is 5.91 Å². The summed E-state index contributed by atoms with van der Waals surface area (Å²) < 4.78 is 80.4. The van der Waals surface area contributed by atoms with Crippen molar-refractivity contribution in [1.29, 1.82) is 0 Å². The summed E-state index contributed by atoms with van der Waals surface area (Å²) in [6, 6.07) is 1.54. The first-order valence-electron chi connectivity index (χ1n) is 9.47. The maximum absolute atomic E-state index is 13.7. The Bertz CT molecular complexity index is 1010. The van der Waals surface area contributed by atoms with Crippen LogP contribution in [0.2, 0.25) is 0 Å². The van der Waals surface area contributed by atoms with E-state index in [-0.39, 0.29) is 25.9 Å². The summed E-state index contributed by atoms with van der Waals surface area (Å²) in [6.07, 6.45) is -10.4. The standard InChI is InChI=1S/C18H17F6N5O3/c19-17(20,21)9-1-2-11(25-7-9)28-5-3-10(4-6-28)29-8-26-14-12(29)16(32,18(22,23)24)13(30)15(31)27-14/h1-2,7-8,10,13,30,32H,3-6H2,(H,27,31). The van der Waals surface area contributed by atoms with E-state index in [4.69, 9.17) is 0 Å². The van der Waals surface area contributed by atoms with Crippen molar-refractivity contribution < 1.29 is 41.4 Å². The molecule has 3 N–H and O–H groups in total. The Morgan fingerprint density at radius 3 is 2.28 bits per heavy atom. The number of fused-ring (bicyclic) bond motifs is 1. The second kappa shape index (κ2) is 7.33. The number of nitrogens with zero attached hydrogens (tertiary/aromatic N) is 4. The van der Waals surface area contributed by atoms with E-state index in [2.05, 4.69) is 15.3 Å². The molecule has 2 atom stereocenters. The first-order valence-corrected chi connectivity index (χ1v) is 9.47. The Morgan fingerprint density at radius 1 is 1.09 bits per heavy atom. The second-order valence-electron chi connectivity index (χ2n) is 7.63. The molecule has 14 heteroatoms. The number of anilines is 2. The summed E-state index contributed by atoms with van der Waals surface area (Å²) in [5.74, 6) is -1.63. The van der Waals surface area contributed by atoms with Crippen LogP contribution in [0.1, 0.15) is 30.1 Å². The normalized spacial score (nSPS) is 24.9. The minimum absolute atomic E-state index is 0.253. The van der Waals surface area contributed by atoms with Gasteiger partial charge in [0.05, 0.1) is 11.9 Å². The third-order valence-corrected chi connectivity index (χ3v) is 5.73. The van der Waals surface area contributed by atoms with Gasteiger partial charge in [-0.05, 0) is 25.0 Å². The first kappa shape index (κ1) is 22.3. The largest absolute Gasteiger partial charge is 0.426 e. The zero-order chi connectivity index (χ0) is 23.5. The van der Waals surface area contributed by atoms with Crippen molar-refractivity contribution in [1.82, 2.24) is 14.5 Å². The average molecular weight is 465 g/mol. The molecule has 2 aromatic rings. The highest BCUT2D eigenvalue weighted by molar-refractivity contribution is 5.97. The third kappa shape index (κ3) is 3.46. The monoisotopic (exact) mass is 465 g/mol. The summed E-state index contributed by atoms with van der Waals surface area (Å²) in [4.78, 5) is 21.0. The number of carbonyl (C=O) groups excluding carboxylic acids is 1. The van der Waals surface area contributed by atoms with Crippen molar-refractivity contribution >= 4 is 17.5 Å². The summed E-state index contributed by atoms with van der Waals surface area (Å²) in [6.45, 7) is 0.519. The summed E-state index contributed by atoms with van der Waals surface area (Å²) in [5, 5.41) is 22.3. The topological polar surface area (TPSA) is 104 Å². The summed E-state index contributed by atoms with van der Waals surface area (Å²) in [7, 11) is 0. The van der Waals surface area contributed by atoms with Gasteiger partial charge in [-0.2, -0.15) is 26.3 Å². The van der Waals surface area contributed by atoms with Gasteiger partial charge in [0, 0.05) is 25.3 Å². The highest BCUT2D eigenvalue weighted by Crippen LogP contribution is 2.48. The van der Waals surface area contributed by atoms with E-state index in [0.717, 1.165) is 17.0 Å². The lowest BCUT2D eigenvalue weighted by atomic mass is 9.87. The quantitative estimate of drug-likeness (QED) is 0.588. The Balaban J connectivity index is 1.57. The average Bonchev–Trinajstić information content (AvgIpc) is 3.15. The van der Waals surface area contributed by atoms with Crippen LogP contribution in [0, 0.1) is 0 Å². The van der Waals surface area contributed by atoms with E-state index < -0.39 is 53.1 Å². The molecule has 0 radical (unpaired) electrons. The number of alkyl halides is 6. The van der Waals surface area contributed by atoms with Crippen LogP contribution in [-0.4, -0.2) is 56.0 Å². The number of imidazole rings is 1. The van der Waals surface area contributed by atoms with Gasteiger partial charge in [-0.15, -0.1) is 0 Å². The highest BCUT2D eigenvalue weighted by atomic mass is 19.4. The second-order valence-corrected chi connectivity index (χ2v) is 7.63. The minimum Gasteiger partial charge on any atom is -0.380 e. The number of carbonyl (C=O) groups is 1. The van der Waals surface area contributed by atoms with Gasteiger partial charge < -0.3 is 25.0 Å². The highest BCUT2D eigenvalue weighted by Gasteiger charge is 2.66. The van der Waals surface area contributed by atoms with Gasteiger partial charge in [0.1, 0.15) is 11.5 Å². The lowest BCUT2D eigenvalue weighted by Gasteiger charge is -2.40. The molecule has 1 amide bonds. The molecule has 0 saturated carbocycles. The number of nitrogens with one attached hydrogen (secondary N) is 1. The number of aliphatic hydroxyl groups excluding tert-OH is 1. The van der Waals surface area contributed by atoms with Crippen LogP contribution in [0.5, 0.6) is 0 Å². The molecule has 0 aliphatic carbocycles. The molecule has 2 aliphatic heterocycles. The van der Waals surface area contributed by atoms with Crippen molar-refractivity contribution in [2.24, 2.45) is 0 Å². The molecular weight excluding hydrogens is 448 g/mol. The predicted molar refractivity (Wildman–Crippen MR) is 96.5 cm³/mol. The van der Waals surface area contributed by atoms with E-state index in [9.17, 15) is 41.4 Å². The number of pyridine rings is 1. The Kier molecular flexibility index (Phi) is 5.12. The number of piperidine rings is 1. The van der Waals surface area contributed by atoms with Crippen molar-refractivity contribution in [3.63, 3.8) is 0 Å². The molecular formula is C18H17F6N5O3. The summed E-state index contributed by atoms with van der Waals surface area (Å²) in [5.41, 5.74) is -5.50. The number of aromatic nitrogens is 3. The lowest BCUT2D eigenvalue weighted by molar-refractivity contribution is -0.295. The maximum Gasteiger partial charge on any atom is 0.426 e. The fourth-order valence-corrected chi connectivity index (χ4v) is 4.01. The number of aliphatic hydroxyl groups is 2. The molecule has 1 saturated heterocycles. The van der Waals surface area contributed by atoms with Gasteiger partial charge in [-0.25, -0.2) is 9.97 Å². The lowest BCUT2D eigenvalue weighted by Crippen LogP contribution is -2.60. The van der Waals surface area contributed by atoms with E-state index in [1.54, 1.807) is 4.90 Å². The molecule has 4 rings (SSSR count). The van der Waals surface area contributed by atoms with Crippen LogP contribution in [0.3, 0.4) is 0 Å². The van der Waals surface area contributed by atoms with Crippen LogP contribution < -0.4 is 10.2 Å². The van der Waals surface area contributed by atoms with E-state index in [1.807, 2.05) is 0 Å². The number of hydrogen-bond acceptors (Lipinski definition) is 6. The number of rotatable bonds is 2. The molecule has 8 nitrogen and oxygen atoms in total.